The number of para-hydroxylation sites is 2. The Morgan fingerprint density at radius 1 is 1.13 bits per heavy atom. The molecule has 0 radical (unpaired) electrons. The van der Waals surface area contributed by atoms with Gasteiger partial charge >= 0.3 is 5.97 Å². The van der Waals surface area contributed by atoms with Gasteiger partial charge in [0.05, 0.1) is 0 Å². The van der Waals surface area contributed by atoms with Crippen LogP contribution in [-0.4, -0.2) is 33.1 Å². The largest absolute Gasteiger partial charge is 0.482 e. The molecule has 2 heterocycles. The highest BCUT2D eigenvalue weighted by Gasteiger charge is 2.35. The van der Waals surface area contributed by atoms with Crippen LogP contribution < -0.4 is 20.9 Å². The van der Waals surface area contributed by atoms with Crippen LogP contribution in [0.5, 0.6) is 11.5 Å². The van der Waals surface area contributed by atoms with Crippen molar-refractivity contribution in [3.63, 3.8) is 0 Å². The predicted octanol–water partition coefficient (Wildman–Crippen LogP) is 0.308. The minimum atomic E-state index is -0.888. The van der Waals surface area contributed by atoms with Crippen LogP contribution in [0.1, 0.15) is 12.7 Å². The van der Waals surface area contributed by atoms with E-state index >= 15 is 0 Å². The fourth-order valence-electron chi connectivity index (χ4n) is 2.12. The molecule has 1 aromatic heterocycles. The molecule has 4 N–H and O–H groups in total. The van der Waals surface area contributed by atoms with Crippen molar-refractivity contribution in [1.82, 2.24) is 15.0 Å². The van der Waals surface area contributed by atoms with Crippen LogP contribution in [0.4, 0.5) is 11.9 Å². The summed E-state index contributed by atoms with van der Waals surface area (Å²) < 4.78 is 16.4. The minimum absolute atomic E-state index is 0.0388. The van der Waals surface area contributed by atoms with Crippen molar-refractivity contribution in [1.29, 1.82) is 0 Å². The average Bonchev–Trinajstić information content (AvgIpc) is 2.51. The molecule has 9 nitrogen and oxygen atoms in total. The number of esters is 1. The van der Waals surface area contributed by atoms with Gasteiger partial charge in [-0.2, -0.15) is 15.0 Å². The number of rotatable bonds is 3. The Bertz CT molecular complexity index is 719. The normalized spacial score (nSPS) is 19.2. The lowest BCUT2D eigenvalue weighted by Gasteiger charge is -2.30. The number of ether oxygens (including phenoxy) is 3. The molecule has 0 bridgehead atoms. The number of nitrogen functional groups attached to an aromatic ring is 2. The molecular weight excluding hydrogens is 302 g/mol. The molecule has 1 aliphatic heterocycles. The maximum atomic E-state index is 12.2. The zero-order chi connectivity index (χ0) is 16.4. The Hall–Kier alpha value is -3.10. The summed E-state index contributed by atoms with van der Waals surface area (Å²) in [5.41, 5.74) is 10.9. The van der Waals surface area contributed by atoms with Gasteiger partial charge in [0.15, 0.2) is 23.9 Å². The van der Waals surface area contributed by atoms with E-state index in [2.05, 4.69) is 15.0 Å². The Morgan fingerprint density at radius 2 is 1.74 bits per heavy atom. The number of anilines is 2. The van der Waals surface area contributed by atoms with Crippen molar-refractivity contribution in [2.75, 3.05) is 11.5 Å². The number of aromatic nitrogens is 3. The third-order valence-corrected chi connectivity index (χ3v) is 3.13. The van der Waals surface area contributed by atoms with Gasteiger partial charge in [-0.05, 0) is 19.1 Å². The molecule has 0 saturated heterocycles. The minimum Gasteiger partial charge on any atom is -0.482 e. The monoisotopic (exact) mass is 317 g/mol. The number of carbonyl (C=O) groups is 1. The first-order chi connectivity index (χ1) is 11.0. The topological polar surface area (TPSA) is 135 Å². The van der Waals surface area contributed by atoms with Crippen molar-refractivity contribution in [3.05, 3.63) is 30.1 Å². The van der Waals surface area contributed by atoms with Gasteiger partial charge in [0.25, 0.3) is 0 Å². The van der Waals surface area contributed by atoms with E-state index in [-0.39, 0.29) is 24.3 Å². The molecular formula is C14H15N5O4. The smallest absolute Gasteiger partial charge is 0.351 e. The molecule has 2 aromatic rings. The van der Waals surface area contributed by atoms with Gasteiger partial charge in [-0.25, -0.2) is 4.79 Å². The fourth-order valence-corrected chi connectivity index (χ4v) is 2.12. The number of nitrogens with two attached hydrogens (primary N) is 2. The molecule has 1 aliphatic rings. The molecule has 120 valence electrons. The van der Waals surface area contributed by atoms with Crippen LogP contribution in [0.2, 0.25) is 0 Å². The maximum absolute atomic E-state index is 12.2. The van der Waals surface area contributed by atoms with Crippen LogP contribution in [0.15, 0.2) is 24.3 Å². The number of benzene rings is 1. The van der Waals surface area contributed by atoms with Gasteiger partial charge in [-0.1, -0.05) is 12.1 Å². The molecule has 9 heteroatoms. The van der Waals surface area contributed by atoms with Crippen molar-refractivity contribution in [3.8, 4) is 11.5 Å². The highest BCUT2D eigenvalue weighted by molar-refractivity contribution is 5.76. The van der Waals surface area contributed by atoms with Crippen LogP contribution in [0.25, 0.3) is 0 Å². The predicted molar refractivity (Wildman–Crippen MR) is 79.4 cm³/mol. The Labute approximate surface area is 131 Å². The van der Waals surface area contributed by atoms with Crippen LogP contribution in [0, 0.1) is 0 Å². The number of hydrogen-bond donors (Lipinski definition) is 2. The second-order valence-corrected chi connectivity index (χ2v) is 4.88. The molecule has 0 spiro atoms. The second-order valence-electron chi connectivity index (χ2n) is 4.88. The second kappa shape index (κ2) is 5.95. The van der Waals surface area contributed by atoms with E-state index in [1.165, 1.54) is 0 Å². The Morgan fingerprint density at radius 3 is 2.39 bits per heavy atom. The molecule has 1 aromatic carbocycles. The maximum Gasteiger partial charge on any atom is 0.351 e. The zero-order valence-corrected chi connectivity index (χ0v) is 12.3. The van der Waals surface area contributed by atoms with Gasteiger partial charge in [-0.3, -0.25) is 0 Å². The number of fused-ring (bicyclic) bond motifs is 1. The summed E-state index contributed by atoms with van der Waals surface area (Å²) in [7, 11) is 0. The summed E-state index contributed by atoms with van der Waals surface area (Å²) in [4.78, 5) is 23.5. The first-order valence-electron chi connectivity index (χ1n) is 6.88. The molecule has 0 aliphatic carbocycles. The summed E-state index contributed by atoms with van der Waals surface area (Å²) in [5, 5.41) is 0. The SMILES string of the molecule is CC1Oc2ccccc2OC1C(=O)OCc1nc(N)nc(N)n1. The quantitative estimate of drug-likeness (QED) is 0.766. The summed E-state index contributed by atoms with van der Waals surface area (Å²) >= 11 is 0. The molecule has 0 saturated carbocycles. The third-order valence-electron chi connectivity index (χ3n) is 3.13. The lowest BCUT2D eigenvalue weighted by atomic mass is 10.2. The van der Waals surface area contributed by atoms with Gasteiger partial charge in [-0.15, -0.1) is 0 Å². The highest BCUT2D eigenvalue weighted by atomic mass is 16.6. The van der Waals surface area contributed by atoms with Crippen molar-refractivity contribution < 1.29 is 19.0 Å². The van der Waals surface area contributed by atoms with E-state index in [9.17, 15) is 4.79 Å². The molecule has 0 fully saturated rings. The summed E-state index contributed by atoms with van der Waals surface area (Å²) in [6, 6.07) is 7.10. The lowest BCUT2D eigenvalue weighted by molar-refractivity contribution is -0.159. The van der Waals surface area contributed by atoms with Crippen molar-refractivity contribution in [2.24, 2.45) is 0 Å². The standard InChI is InChI=1S/C14H15N5O4/c1-7-11(23-9-5-3-2-4-8(9)22-7)12(20)21-6-10-17-13(15)19-14(16)18-10/h2-5,7,11H,6H2,1H3,(H4,15,16,17,18,19). The Kier molecular flexibility index (Phi) is 3.83. The molecule has 23 heavy (non-hydrogen) atoms. The number of nitrogens with zero attached hydrogens (tertiary/aromatic N) is 3. The molecule has 3 rings (SSSR count). The third kappa shape index (κ3) is 3.23. The highest BCUT2D eigenvalue weighted by Crippen LogP contribution is 2.33. The summed E-state index contributed by atoms with van der Waals surface area (Å²) in [6.45, 7) is 1.53. The molecule has 2 unspecified atom stereocenters. The van der Waals surface area contributed by atoms with E-state index in [4.69, 9.17) is 25.7 Å². The summed E-state index contributed by atoms with van der Waals surface area (Å²) in [6.07, 6.45) is -1.38. The van der Waals surface area contributed by atoms with E-state index in [1.54, 1.807) is 25.1 Å². The zero-order valence-electron chi connectivity index (χ0n) is 12.3. The van der Waals surface area contributed by atoms with Gasteiger partial charge in [0.2, 0.25) is 18.0 Å². The van der Waals surface area contributed by atoms with E-state index in [0.717, 1.165) is 0 Å². The first kappa shape index (κ1) is 14.8. The van der Waals surface area contributed by atoms with E-state index < -0.39 is 18.2 Å². The van der Waals surface area contributed by atoms with Gasteiger partial charge < -0.3 is 25.7 Å². The van der Waals surface area contributed by atoms with Gasteiger partial charge in [0.1, 0.15) is 6.10 Å². The summed E-state index contributed by atoms with van der Waals surface area (Å²) in [5.74, 6) is 0.562. The van der Waals surface area contributed by atoms with Crippen molar-refractivity contribution >= 4 is 17.9 Å². The first-order valence-corrected chi connectivity index (χ1v) is 6.88. The van der Waals surface area contributed by atoms with Crippen LogP contribution in [0.3, 0.4) is 0 Å². The average molecular weight is 317 g/mol. The van der Waals surface area contributed by atoms with E-state index in [1.807, 2.05) is 6.07 Å². The van der Waals surface area contributed by atoms with E-state index in [0.29, 0.717) is 11.5 Å². The number of hydrogen-bond acceptors (Lipinski definition) is 9. The fraction of sp³-hybridized carbons (Fsp3) is 0.286. The van der Waals surface area contributed by atoms with Crippen LogP contribution >= 0.6 is 0 Å². The van der Waals surface area contributed by atoms with Crippen molar-refractivity contribution in [2.45, 2.75) is 25.7 Å². The van der Waals surface area contributed by atoms with Crippen LogP contribution in [-0.2, 0) is 16.1 Å². The molecule has 2 atom stereocenters. The number of carbonyl (C=O) groups excluding carboxylic acids is 1. The lowest BCUT2D eigenvalue weighted by Crippen LogP contribution is -2.44. The molecule has 0 amide bonds. The van der Waals surface area contributed by atoms with Gasteiger partial charge in [0, 0.05) is 0 Å². The Balaban J connectivity index is 1.66.